The summed E-state index contributed by atoms with van der Waals surface area (Å²) in [5.74, 6) is 0. The number of benzene rings is 1. The van der Waals surface area contributed by atoms with Crippen molar-refractivity contribution in [1.29, 1.82) is 0 Å². The van der Waals surface area contributed by atoms with Crippen LogP contribution in [0.1, 0.15) is 24.8 Å². The molecule has 2 unspecified atom stereocenters. The highest BCUT2D eigenvalue weighted by molar-refractivity contribution is 9.10. The molecule has 0 radical (unpaired) electrons. The third-order valence-electron chi connectivity index (χ3n) is 3.61. The highest BCUT2D eigenvalue weighted by Gasteiger charge is 2.34. The molecular weight excluding hydrogens is 314 g/mol. The monoisotopic (exact) mass is 331 g/mol. The van der Waals surface area contributed by atoms with Crippen LogP contribution in [0.3, 0.4) is 0 Å². The third-order valence-corrected chi connectivity index (χ3v) is 6.13. The van der Waals surface area contributed by atoms with Crippen LogP contribution >= 0.6 is 15.9 Å². The summed E-state index contributed by atoms with van der Waals surface area (Å²) in [7, 11) is -2.97. The van der Waals surface area contributed by atoms with Crippen molar-refractivity contribution >= 4 is 31.5 Å². The van der Waals surface area contributed by atoms with Crippen LogP contribution < -0.4 is 5.32 Å². The smallest absolute Gasteiger partial charge is 0.152 e. The molecule has 0 aliphatic heterocycles. The van der Waals surface area contributed by atoms with E-state index < -0.39 is 9.84 Å². The summed E-state index contributed by atoms with van der Waals surface area (Å²) in [5, 5.41) is 3.14. The van der Waals surface area contributed by atoms with Crippen molar-refractivity contribution in [2.24, 2.45) is 0 Å². The molecule has 1 fully saturated rings. The van der Waals surface area contributed by atoms with Gasteiger partial charge in [-0.1, -0.05) is 22.0 Å². The molecule has 1 aliphatic carbocycles. The molecule has 100 valence electrons. The number of rotatable bonds is 3. The van der Waals surface area contributed by atoms with Crippen LogP contribution in [-0.2, 0) is 9.84 Å². The molecule has 1 saturated carbocycles. The van der Waals surface area contributed by atoms with Gasteiger partial charge in [-0.15, -0.1) is 0 Å². The minimum atomic E-state index is -2.97. The molecule has 0 spiro atoms. The van der Waals surface area contributed by atoms with Crippen molar-refractivity contribution in [3.05, 3.63) is 28.2 Å². The minimum Gasteiger partial charge on any atom is -0.381 e. The standard InChI is InChI=1S/C13H18BrNO2S/c1-9-10(14)5-3-6-11(9)15-12-7-4-8-13(12)18(2,16)17/h3,5-6,12-13,15H,4,7-8H2,1-2H3. The van der Waals surface area contributed by atoms with Gasteiger partial charge in [-0.3, -0.25) is 0 Å². The predicted octanol–water partition coefficient (Wildman–Crippen LogP) is 3.14. The van der Waals surface area contributed by atoms with E-state index in [0.29, 0.717) is 0 Å². The van der Waals surface area contributed by atoms with Crippen molar-refractivity contribution in [2.45, 2.75) is 37.5 Å². The fraction of sp³-hybridized carbons (Fsp3) is 0.538. The van der Waals surface area contributed by atoms with Gasteiger partial charge < -0.3 is 5.32 Å². The summed E-state index contributed by atoms with van der Waals surface area (Å²) in [6.45, 7) is 2.02. The summed E-state index contributed by atoms with van der Waals surface area (Å²) < 4.78 is 24.5. The van der Waals surface area contributed by atoms with Gasteiger partial charge in [-0.05, 0) is 43.9 Å². The Morgan fingerprint density at radius 2 is 2.06 bits per heavy atom. The summed E-state index contributed by atoms with van der Waals surface area (Å²) >= 11 is 3.49. The Morgan fingerprint density at radius 3 is 2.72 bits per heavy atom. The van der Waals surface area contributed by atoms with Crippen LogP contribution in [0.4, 0.5) is 5.69 Å². The molecule has 0 bridgehead atoms. The number of hydrogen-bond donors (Lipinski definition) is 1. The number of halogens is 1. The van der Waals surface area contributed by atoms with Gasteiger partial charge in [0.05, 0.1) is 5.25 Å². The Bertz CT molecular complexity index is 542. The normalized spacial score (nSPS) is 24.2. The average molecular weight is 332 g/mol. The second kappa shape index (κ2) is 5.21. The quantitative estimate of drug-likeness (QED) is 0.925. The molecule has 3 nitrogen and oxygen atoms in total. The lowest BCUT2D eigenvalue weighted by molar-refractivity contribution is 0.579. The molecule has 1 aromatic carbocycles. The molecule has 1 aromatic rings. The molecule has 2 atom stereocenters. The first-order valence-corrected chi connectivity index (χ1v) is 8.85. The number of nitrogens with one attached hydrogen (secondary N) is 1. The maximum absolute atomic E-state index is 11.7. The third kappa shape index (κ3) is 2.88. The van der Waals surface area contributed by atoms with E-state index in [1.807, 2.05) is 25.1 Å². The fourth-order valence-corrected chi connectivity index (χ4v) is 4.33. The van der Waals surface area contributed by atoms with E-state index in [-0.39, 0.29) is 11.3 Å². The Labute approximate surface area is 117 Å². The van der Waals surface area contributed by atoms with E-state index in [9.17, 15) is 8.42 Å². The lowest BCUT2D eigenvalue weighted by atomic mass is 10.1. The van der Waals surface area contributed by atoms with Crippen LogP contribution in [0.15, 0.2) is 22.7 Å². The molecule has 0 aromatic heterocycles. The van der Waals surface area contributed by atoms with Gasteiger partial charge in [0.2, 0.25) is 0 Å². The average Bonchev–Trinajstić information content (AvgIpc) is 2.72. The number of hydrogen-bond acceptors (Lipinski definition) is 3. The maximum Gasteiger partial charge on any atom is 0.152 e. The first kappa shape index (κ1) is 13.9. The van der Waals surface area contributed by atoms with Gasteiger partial charge in [-0.2, -0.15) is 0 Å². The fourth-order valence-electron chi connectivity index (χ4n) is 2.57. The van der Waals surface area contributed by atoms with Gasteiger partial charge in [0.15, 0.2) is 9.84 Å². The molecular formula is C13H18BrNO2S. The Morgan fingerprint density at radius 1 is 1.33 bits per heavy atom. The highest BCUT2D eigenvalue weighted by atomic mass is 79.9. The van der Waals surface area contributed by atoms with Crippen LogP contribution in [-0.4, -0.2) is 26.0 Å². The highest BCUT2D eigenvalue weighted by Crippen LogP contribution is 2.30. The summed E-state index contributed by atoms with van der Waals surface area (Å²) in [6, 6.07) is 5.98. The lowest BCUT2D eigenvalue weighted by Gasteiger charge is -2.22. The van der Waals surface area contributed by atoms with Crippen molar-refractivity contribution in [3.8, 4) is 0 Å². The van der Waals surface area contributed by atoms with E-state index in [0.717, 1.165) is 35.0 Å². The molecule has 0 heterocycles. The first-order chi connectivity index (χ1) is 8.39. The molecule has 2 rings (SSSR count). The Hall–Kier alpha value is -0.550. The first-order valence-electron chi connectivity index (χ1n) is 6.10. The Kier molecular flexibility index (Phi) is 4.02. The molecule has 5 heteroatoms. The summed E-state index contributed by atoms with van der Waals surface area (Å²) in [5.41, 5.74) is 2.14. The zero-order chi connectivity index (χ0) is 13.3. The van der Waals surface area contributed by atoms with Crippen molar-refractivity contribution in [3.63, 3.8) is 0 Å². The van der Waals surface area contributed by atoms with Gasteiger partial charge in [0.25, 0.3) is 0 Å². The molecule has 1 N–H and O–H groups in total. The van der Waals surface area contributed by atoms with E-state index >= 15 is 0 Å². The molecule has 1 aliphatic rings. The Balaban J connectivity index is 2.21. The summed E-state index contributed by atoms with van der Waals surface area (Å²) in [4.78, 5) is 0. The van der Waals surface area contributed by atoms with Crippen LogP contribution in [0.2, 0.25) is 0 Å². The minimum absolute atomic E-state index is 0.0352. The second-order valence-electron chi connectivity index (χ2n) is 4.96. The zero-order valence-electron chi connectivity index (χ0n) is 10.6. The van der Waals surface area contributed by atoms with E-state index in [2.05, 4.69) is 21.2 Å². The molecule has 0 amide bonds. The van der Waals surface area contributed by atoms with Crippen LogP contribution in [0, 0.1) is 6.92 Å². The topological polar surface area (TPSA) is 46.2 Å². The van der Waals surface area contributed by atoms with Crippen LogP contribution in [0.25, 0.3) is 0 Å². The predicted molar refractivity (Wildman–Crippen MR) is 78.8 cm³/mol. The maximum atomic E-state index is 11.7. The largest absolute Gasteiger partial charge is 0.381 e. The number of sulfone groups is 1. The SMILES string of the molecule is Cc1c(Br)cccc1NC1CCCC1S(C)(=O)=O. The summed E-state index contributed by atoms with van der Waals surface area (Å²) in [6.07, 6.45) is 4.00. The van der Waals surface area contributed by atoms with E-state index in [1.165, 1.54) is 6.26 Å². The number of anilines is 1. The van der Waals surface area contributed by atoms with Gasteiger partial charge in [0, 0.05) is 22.5 Å². The van der Waals surface area contributed by atoms with Gasteiger partial charge in [0.1, 0.15) is 0 Å². The molecule has 18 heavy (non-hydrogen) atoms. The van der Waals surface area contributed by atoms with Crippen molar-refractivity contribution in [1.82, 2.24) is 0 Å². The molecule has 0 saturated heterocycles. The zero-order valence-corrected chi connectivity index (χ0v) is 13.0. The van der Waals surface area contributed by atoms with Gasteiger partial charge >= 0.3 is 0 Å². The second-order valence-corrected chi connectivity index (χ2v) is 8.08. The lowest BCUT2D eigenvalue weighted by Crippen LogP contribution is -2.34. The van der Waals surface area contributed by atoms with E-state index in [1.54, 1.807) is 0 Å². The van der Waals surface area contributed by atoms with Crippen molar-refractivity contribution < 1.29 is 8.42 Å². The van der Waals surface area contributed by atoms with E-state index in [4.69, 9.17) is 0 Å². The van der Waals surface area contributed by atoms with Gasteiger partial charge in [-0.25, -0.2) is 8.42 Å². The van der Waals surface area contributed by atoms with Crippen molar-refractivity contribution in [2.75, 3.05) is 11.6 Å². The van der Waals surface area contributed by atoms with Crippen LogP contribution in [0.5, 0.6) is 0 Å².